The van der Waals surface area contributed by atoms with Gasteiger partial charge in [-0.3, -0.25) is 14.5 Å². The van der Waals surface area contributed by atoms with Crippen LogP contribution in [0.4, 0.5) is 9.52 Å². The second-order valence-corrected chi connectivity index (χ2v) is 11.5. The number of amides is 1. The van der Waals surface area contributed by atoms with Gasteiger partial charge in [-0.05, 0) is 53.6 Å². The van der Waals surface area contributed by atoms with Gasteiger partial charge in [0, 0.05) is 16.3 Å². The van der Waals surface area contributed by atoms with Gasteiger partial charge in [0.1, 0.15) is 24.8 Å². The molecule has 2 aliphatic rings. The van der Waals surface area contributed by atoms with Gasteiger partial charge in [-0.15, -0.1) is 10.2 Å². The topological polar surface area (TPSA) is 102 Å². The number of hydrogen-bond acceptors (Lipinski definition) is 9. The molecule has 3 heterocycles. The first-order chi connectivity index (χ1) is 19.4. The fraction of sp³-hybridized carbons (Fsp3) is 0.143. The highest BCUT2D eigenvalue weighted by Gasteiger charge is 2.48. The summed E-state index contributed by atoms with van der Waals surface area (Å²) in [5.74, 6) is -0.943. The Morgan fingerprint density at radius 2 is 1.82 bits per heavy atom. The van der Waals surface area contributed by atoms with Gasteiger partial charge in [-0.2, -0.15) is 0 Å². The Balaban J connectivity index is 1.38. The molecule has 0 radical (unpaired) electrons. The Morgan fingerprint density at radius 1 is 1.05 bits per heavy atom. The minimum atomic E-state index is -1.00. The molecule has 0 saturated carbocycles. The van der Waals surface area contributed by atoms with Gasteiger partial charge in [-0.1, -0.05) is 59.0 Å². The first-order valence-electron chi connectivity index (χ1n) is 12.1. The summed E-state index contributed by atoms with van der Waals surface area (Å²) in [6.07, 6.45) is 0. The van der Waals surface area contributed by atoms with Gasteiger partial charge in [0.2, 0.25) is 5.13 Å². The van der Waals surface area contributed by atoms with Crippen molar-refractivity contribution in [1.82, 2.24) is 10.2 Å². The lowest BCUT2D eigenvalue weighted by Gasteiger charge is -2.23. The minimum absolute atomic E-state index is 0.111. The molecule has 3 aromatic carbocycles. The van der Waals surface area contributed by atoms with E-state index in [2.05, 4.69) is 10.2 Å². The number of Topliss-reactive ketones (excluding diaryl/α,β-unsaturated/α-hetero) is 1. The summed E-state index contributed by atoms with van der Waals surface area (Å²) in [4.78, 5) is 28.1. The molecule has 1 saturated heterocycles. The van der Waals surface area contributed by atoms with Crippen LogP contribution in [0.5, 0.6) is 11.5 Å². The predicted molar refractivity (Wildman–Crippen MR) is 150 cm³/mol. The maximum atomic E-state index is 13.4. The molecular weight excluding hydrogens is 577 g/mol. The SMILES string of the molecule is O=C1C(=O)N(c2nnc(SCc3ccc(F)cc3)s2)[C@@H](c2cccc(Cl)c2)/C1=C(\O)c1ccc2c(c1)OCCO2. The average Bonchev–Trinajstić information content (AvgIpc) is 3.54. The van der Waals surface area contributed by atoms with Crippen LogP contribution in [-0.2, 0) is 15.3 Å². The normalized spacial score (nSPS) is 17.9. The molecule has 12 heteroatoms. The number of carbonyl (C=O) groups excluding carboxylic acids is 2. The van der Waals surface area contributed by atoms with Crippen molar-refractivity contribution in [2.75, 3.05) is 18.1 Å². The third-order valence-electron chi connectivity index (χ3n) is 6.30. The van der Waals surface area contributed by atoms with Gasteiger partial charge in [0.05, 0.1) is 11.6 Å². The van der Waals surface area contributed by atoms with Crippen LogP contribution in [0.2, 0.25) is 5.02 Å². The molecule has 0 spiro atoms. The number of hydrogen-bond donors (Lipinski definition) is 1. The molecule has 0 aliphatic carbocycles. The number of aliphatic hydroxyl groups excluding tert-OH is 1. The van der Waals surface area contributed by atoms with Crippen molar-refractivity contribution in [1.29, 1.82) is 0 Å². The number of aromatic nitrogens is 2. The van der Waals surface area contributed by atoms with E-state index in [4.69, 9.17) is 21.1 Å². The Hall–Kier alpha value is -3.93. The number of ketones is 1. The molecule has 1 atom stereocenters. The third-order valence-corrected chi connectivity index (χ3v) is 8.66. The maximum Gasteiger partial charge on any atom is 0.301 e. The molecule has 1 amide bonds. The molecule has 0 unspecified atom stereocenters. The molecule has 40 heavy (non-hydrogen) atoms. The van der Waals surface area contributed by atoms with Crippen LogP contribution in [-0.4, -0.2) is 40.2 Å². The zero-order valence-electron chi connectivity index (χ0n) is 20.5. The van der Waals surface area contributed by atoms with Gasteiger partial charge < -0.3 is 14.6 Å². The van der Waals surface area contributed by atoms with Crippen LogP contribution in [0, 0.1) is 5.82 Å². The average molecular weight is 596 g/mol. The van der Waals surface area contributed by atoms with Crippen LogP contribution in [0.25, 0.3) is 5.76 Å². The Morgan fingerprint density at radius 3 is 2.60 bits per heavy atom. The quantitative estimate of drug-likeness (QED) is 0.0949. The Bertz CT molecular complexity index is 1660. The minimum Gasteiger partial charge on any atom is -0.507 e. The summed E-state index contributed by atoms with van der Waals surface area (Å²) in [6, 6.07) is 16.7. The second-order valence-electron chi connectivity index (χ2n) is 8.85. The predicted octanol–water partition coefficient (Wildman–Crippen LogP) is 6.02. The molecule has 1 aromatic heterocycles. The van der Waals surface area contributed by atoms with E-state index >= 15 is 0 Å². The highest BCUT2D eigenvalue weighted by molar-refractivity contribution is 8.00. The van der Waals surface area contributed by atoms with Gasteiger partial charge in [0.15, 0.2) is 15.8 Å². The van der Waals surface area contributed by atoms with Crippen molar-refractivity contribution in [3.8, 4) is 11.5 Å². The second kappa shape index (κ2) is 10.9. The lowest BCUT2D eigenvalue weighted by Crippen LogP contribution is -2.29. The molecule has 4 aromatic rings. The number of fused-ring (bicyclic) bond motifs is 1. The standard InChI is InChI=1S/C28H19ClFN3O5S2/c29-18-3-1-2-16(12-18)23-22(24(34)17-6-9-20-21(13-17)38-11-10-37-20)25(35)26(36)33(23)27-31-32-28(40-27)39-14-15-4-7-19(30)8-5-15/h1-9,12-13,23,34H,10-11,14H2/b24-22+/t23-/m0/s1. The molecule has 6 rings (SSSR count). The summed E-state index contributed by atoms with van der Waals surface area (Å²) in [7, 11) is 0. The summed E-state index contributed by atoms with van der Waals surface area (Å²) in [5, 5.41) is 20.4. The zero-order chi connectivity index (χ0) is 27.8. The summed E-state index contributed by atoms with van der Waals surface area (Å²) < 4.78 is 25.0. The number of anilines is 1. The number of halogens is 2. The summed E-state index contributed by atoms with van der Waals surface area (Å²) >= 11 is 8.78. The molecule has 202 valence electrons. The van der Waals surface area contributed by atoms with Crippen molar-refractivity contribution in [2.45, 2.75) is 16.1 Å². The Labute approximate surface area is 241 Å². The van der Waals surface area contributed by atoms with Gasteiger partial charge in [-0.25, -0.2) is 4.39 Å². The van der Waals surface area contributed by atoms with Crippen LogP contribution in [0.1, 0.15) is 22.7 Å². The molecule has 1 fully saturated rings. The van der Waals surface area contributed by atoms with E-state index in [0.29, 0.717) is 51.0 Å². The van der Waals surface area contributed by atoms with Crippen LogP contribution < -0.4 is 14.4 Å². The van der Waals surface area contributed by atoms with E-state index in [9.17, 15) is 19.1 Å². The number of ether oxygens (including phenoxy) is 2. The van der Waals surface area contributed by atoms with Crippen molar-refractivity contribution >= 4 is 57.3 Å². The molecule has 0 bridgehead atoms. The van der Waals surface area contributed by atoms with E-state index in [0.717, 1.165) is 16.9 Å². The molecule has 1 N–H and O–H groups in total. The lowest BCUT2D eigenvalue weighted by molar-refractivity contribution is -0.132. The third kappa shape index (κ3) is 5.03. The number of carbonyl (C=O) groups is 2. The van der Waals surface area contributed by atoms with Crippen LogP contribution >= 0.6 is 34.7 Å². The first kappa shape index (κ1) is 26.3. The lowest BCUT2D eigenvalue weighted by atomic mass is 9.95. The first-order valence-corrected chi connectivity index (χ1v) is 14.2. The molecule has 8 nitrogen and oxygen atoms in total. The van der Waals surface area contributed by atoms with Crippen molar-refractivity contribution in [3.05, 3.63) is 99.8 Å². The molecule has 2 aliphatic heterocycles. The highest BCUT2D eigenvalue weighted by atomic mass is 35.5. The summed E-state index contributed by atoms with van der Waals surface area (Å²) in [6.45, 7) is 0.757. The van der Waals surface area contributed by atoms with E-state index in [1.807, 2.05) is 0 Å². The fourth-order valence-electron chi connectivity index (χ4n) is 4.45. The van der Waals surface area contributed by atoms with E-state index in [1.165, 1.54) is 28.8 Å². The Kier molecular flexibility index (Phi) is 7.18. The smallest absolute Gasteiger partial charge is 0.301 e. The van der Waals surface area contributed by atoms with E-state index in [-0.39, 0.29) is 22.3 Å². The zero-order valence-corrected chi connectivity index (χ0v) is 22.9. The number of aliphatic hydroxyl groups is 1. The van der Waals surface area contributed by atoms with Crippen molar-refractivity contribution in [3.63, 3.8) is 0 Å². The van der Waals surface area contributed by atoms with E-state index < -0.39 is 17.7 Å². The number of benzene rings is 3. The number of rotatable bonds is 6. The van der Waals surface area contributed by atoms with Crippen LogP contribution in [0.3, 0.4) is 0 Å². The monoisotopic (exact) mass is 595 g/mol. The fourth-order valence-corrected chi connectivity index (χ4v) is 6.47. The highest BCUT2D eigenvalue weighted by Crippen LogP contribution is 2.45. The van der Waals surface area contributed by atoms with Gasteiger partial charge in [0.25, 0.3) is 5.78 Å². The molecular formula is C28H19ClFN3O5S2. The van der Waals surface area contributed by atoms with Crippen LogP contribution in [0.15, 0.2) is 76.6 Å². The maximum absolute atomic E-state index is 13.4. The van der Waals surface area contributed by atoms with Crippen molar-refractivity contribution < 1.29 is 28.6 Å². The summed E-state index contributed by atoms with van der Waals surface area (Å²) in [5.41, 5.74) is 1.59. The van der Waals surface area contributed by atoms with Gasteiger partial charge >= 0.3 is 5.91 Å². The number of nitrogens with zero attached hydrogens (tertiary/aromatic N) is 3. The van der Waals surface area contributed by atoms with E-state index in [1.54, 1.807) is 54.6 Å². The number of thioether (sulfide) groups is 1. The largest absolute Gasteiger partial charge is 0.507 e. The van der Waals surface area contributed by atoms with Crippen molar-refractivity contribution in [2.24, 2.45) is 0 Å².